The van der Waals surface area contributed by atoms with Crippen molar-refractivity contribution < 1.29 is 6.85 Å². The van der Waals surface area contributed by atoms with Crippen molar-refractivity contribution >= 4 is 42.9 Å². The van der Waals surface area contributed by atoms with E-state index in [1.807, 2.05) is 23.5 Å². The first kappa shape index (κ1) is 19.4. The monoisotopic (exact) mass is 548 g/mol. The van der Waals surface area contributed by atoms with Gasteiger partial charge in [-0.3, -0.25) is 0 Å². The van der Waals surface area contributed by atoms with Crippen LogP contribution >= 0.6 is 11.3 Å². The molecule has 0 bridgehead atoms. The van der Waals surface area contributed by atoms with Crippen molar-refractivity contribution in [1.82, 2.24) is 0 Å². The molecule has 6 aromatic carbocycles. The third-order valence-corrected chi connectivity index (χ3v) is 9.57. The number of fused-ring (bicyclic) bond motifs is 6. The lowest BCUT2D eigenvalue weighted by molar-refractivity contribution is 0.661. The van der Waals surface area contributed by atoms with Gasteiger partial charge in [-0.25, -0.2) is 0 Å². The molecule has 1 aliphatic rings. The standard InChI is InChI=1S/C39H29NS/c1-39(2)35-23-27(30-12-8-13-34-33-11-6-7-14-37(33)41-38(30)34)17-21-31(35)32-22-20-29(24-36(32)39)40-28-18-15-26(16-19-28)25-9-4-3-5-10-25/h3-24,40H,1-2H3/i3D,4D,5D,9D,10D. The highest BCUT2D eigenvalue weighted by atomic mass is 32.1. The van der Waals surface area contributed by atoms with Gasteiger partial charge in [-0.05, 0) is 80.9 Å². The minimum atomic E-state index is -0.386. The summed E-state index contributed by atoms with van der Waals surface area (Å²) >= 11 is 1.86. The predicted molar refractivity (Wildman–Crippen MR) is 177 cm³/mol. The molecule has 1 aliphatic carbocycles. The van der Waals surface area contributed by atoms with Crippen molar-refractivity contribution in [3.63, 3.8) is 0 Å². The average Bonchev–Trinajstić information content (AvgIpc) is 3.56. The Morgan fingerprint density at radius 3 is 2.10 bits per heavy atom. The van der Waals surface area contributed by atoms with Gasteiger partial charge in [0.1, 0.15) is 0 Å². The van der Waals surface area contributed by atoms with E-state index in [-0.39, 0.29) is 41.2 Å². The van der Waals surface area contributed by atoms with Gasteiger partial charge in [0.25, 0.3) is 0 Å². The minimum absolute atomic E-state index is 0.197. The van der Waals surface area contributed by atoms with E-state index >= 15 is 0 Å². The summed E-state index contributed by atoms with van der Waals surface area (Å²) in [6, 6.07) is 34.6. The molecule has 0 saturated heterocycles. The smallest absolute Gasteiger partial charge is 0.0629 e. The number of hydrogen-bond donors (Lipinski definition) is 1. The molecule has 1 aromatic heterocycles. The zero-order valence-electron chi connectivity index (χ0n) is 27.7. The molecule has 196 valence electrons. The van der Waals surface area contributed by atoms with Crippen molar-refractivity contribution in [1.29, 1.82) is 0 Å². The van der Waals surface area contributed by atoms with E-state index in [0.717, 1.165) is 11.4 Å². The second kappa shape index (κ2) is 9.19. The fourth-order valence-corrected chi connectivity index (χ4v) is 7.48. The summed E-state index contributed by atoms with van der Waals surface area (Å²) in [6.45, 7) is 4.58. The summed E-state index contributed by atoms with van der Waals surface area (Å²) < 4.78 is 43.1. The number of thiophene rings is 1. The van der Waals surface area contributed by atoms with Crippen LogP contribution in [0.2, 0.25) is 0 Å². The molecule has 0 radical (unpaired) electrons. The van der Waals surface area contributed by atoms with E-state index < -0.39 is 0 Å². The summed E-state index contributed by atoms with van der Waals surface area (Å²) in [5.74, 6) is 0. The number of hydrogen-bond acceptors (Lipinski definition) is 2. The predicted octanol–water partition coefficient (Wildman–Crippen LogP) is 11.4. The molecule has 0 amide bonds. The van der Waals surface area contributed by atoms with Gasteiger partial charge in [0.2, 0.25) is 0 Å². The van der Waals surface area contributed by atoms with E-state index in [0.29, 0.717) is 5.56 Å². The van der Waals surface area contributed by atoms with Crippen LogP contribution in [-0.2, 0) is 5.41 Å². The number of nitrogens with one attached hydrogen (secondary N) is 1. The number of benzene rings is 6. The van der Waals surface area contributed by atoms with Crippen LogP contribution in [0.3, 0.4) is 0 Å². The van der Waals surface area contributed by atoms with Crippen LogP contribution in [0.4, 0.5) is 11.4 Å². The van der Waals surface area contributed by atoms with Gasteiger partial charge in [-0.15, -0.1) is 11.3 Å². The lowest BCUT2D eigenvalue weighted by Gasteiger charge is -2.23. The number of anilines is 2. The van der Waals surface area contributed by atoms with Gasteiger partial charge in [-0.2, -0.15) is 0 Å². The lowest BCUT2D eigenvalue weighted by atomic mass is 9.81. The lowest BCUT2D eigenvalue weighted by Crippen LogP contribution is -2.15. The van der Waals surface area contributed by atoms with Crippen LogP contribution in [0.15, 0.2) is 133 Å². The van der Waals surface area contributed by atoms with Crippen molar-refractivity contribution in [3.05, 3.63) is 144 Å². The van der Waals surface area contributed by atoms with Gasteiger partial charge >= 0.3 is 0 Å². The number of rotatable bonds is 4. The van der Waals surface area contributed by atoms with Gasteiger partial charge in [-0.1, -0.05) is 111 Å². The van der Waals surface area contributed by atoms with Gasteiger partial charge in [0, 0.05) is 37.0 Å². The van der Waals surface area contributed by atoms with Gasteiger partial charge in [0.15, 0.2) is 0 Å². The maximum Gasteiger partial charge on any atom is 0.0629 e. The Kier molecular flexibility index (Phi) is 4.35. The van der Waals surface area contributed by atoms with E-state index in [2.05, 4.69) is 98.0 Å². The Morgan fingerprint density at radius 2 is 1.27 bits per heavy atom. The maximum atomic E-state index is 8.30. The Bertz CT molecular complexity index is 2340. The van der Waals surface area contributed by atoms with Crippen LogP contribution in [-0.4, -0.2) is 0 Å². The highest BCUT2D eigenvalue weighted by Crippen LogP contribution is 2.51. The fourth-order valence-electron chi connectivity index (χ4n) is 6.24. The van der Waals surface area contributed by atoms with Crippen LogP contribution in [0.1, 0.15) is 31.8 Å². The Labute approximate surface area is 251 Å². The second-order valence-corrected chi connectivity index (χ2v) is 12.2. The molecule has 1 heterocycles. The van der Waals surface area contributed by atoms with Crippen LogP contribution in [0.25, 0.3) is 53.6 Å². The molecule has 0 unspecified atom stereocenters. The van der Waals surface area contributed by atoms with Crippen LogP contribution in [0.5, 0.6) is 0 Å². The quantitative estimate of drug-likeness (QED) is 0.231. The molecule has 7 aromatic rings. The maximum absolute atomic E-state index is 8.30. The summed E-state index contributed by atoms with van der Waals surface area (Å²) in [7, 11) is 0. The molecule has 41 heavy (non-hydrogen) atoms. The van der Waals surface area contributed by atoms with Crippen molar-refractivity contribution in [2.45, 2.75) is 19.3 Å². The molecule has 1 nitrogen and oxygen atoms in total. The van der Waals surface area contributed by atoms with Gasteiger partial charge in [0.05, 0.1) is 6.85 Å². The normalized spacial score (nSPS) is 15.0. The Morgan fingerprint density at radius 1 is 0.585 bits per heavy atom. The van der Waals surface area contributed by atoms with E-state index in [1.165, 1.54) is 53.6 Å². The van der Waals surface area contributed by atoms with E-state index in [1.54, 1.807) is 12.1 Å². The third kappa shape index (κ3) is 3.90. The molecular formula is C39H29NS. The van der Waals surface area contributed by atoms with Crippen LogP contribution < -0.4 is 5.32 Å². The first-order valence-electron chi connectivity index (χ1n) is 16.3. The first-order valence-corrected chi connectivity index (χ1v) is 14.6. The molecule has 8 rings (SSSR count). The Hall–Kier alpha value is -4.66. The molecule has 1 N–H and O–H groups in total. The topological polar surface area (TPSA) is 12.0 Å². The van der Waals surface area contributed by atoms with E-state index in [9.17, 15) is 0 Å². The van der Waals surface area contributed by atoms with Crippen LogP contribution in [0, 0.1) is 0 Å². The molecule has 0 aliphatic heterocycles. The SMILES string of the molecule is [2H]c1c([2H])c([2H])c(-c2ccc(Nc3ccc4c(c3)C(C)(C)c3cc(-c5cccc6c5sc5ccccc56)ccc3-4)cc2)c([2H])c1[2H]. The molecule has 0 fully saturated rings. The highest BCUT2D eigenvalue weighted by Gasteiger charge is 2.36. The van der Waals surface area contributed by atoms with Crippen molar-refractivity contribution in [2.75, 3.05) is 5.32 Å². The molecule has 0 saturated carbocycles. The molecule has 2 heteroatoms. The minimum Gasteiger partial charge on any atom is -0.356 e. The zero-order valence-corrected chi connectivity index (χ0v) is 23.5. The highest BCUT2D eigenvalue weighted by molar-refractivity contribution is 7.26. The van der Waals surface area contributed by atoms with Crippen molar-refractivity contribution in [2.24, 2.45) is 0 Å². The Balaban J connectivity index is 1.11. The van der Waals surface area contributed by atoms with Crippen molar-refractivity contribution in [3.8, 4) is 33.4 Å². The largest absolute Gasteiger partial charge is 0.356 e. The molecule has 0 spiro atoms. The summed E-state index contributed by atoms with van der Waals surface area (Å²) in [4.78, 5) is 0. The molecule has 0 atom stereocenters. The summed E-state index contributed by atoms with van der Waals surface area (Å²) in [5, 5.41) is 6.12. The summed E-state index contributed by atoms with van der Waals surface area (Å²) in [5.41, 5.74) is 9.99. The second-order valence-electron chi connectivity index (χ2n) is 11.1. The summed E-state index contributed by atoms with van der Waals surface area (Å²) in [6.07, 6.45) is 0. The van der Waals surface area contributed by atoms with Gasteiger partial charge < -0.3 is 5.32 Å². The van der Waals surface area contributed by atoms with E-state index in [4.69, 9.17) is 6.85 Å². The first-order chi connectivity index (χ1) is 22.1. The third-order valence-electron chi connectivity index (χ3n) is 8.35. The fraction of sp³-hybridized carbons (Fsp3) is 0.0769. The average molecular weight is 549 g/mol. The molecular weight excluding hydrogens is 515 g/mol. The zero-order chi connectivity index (χ0) is 31.9.